The summed E-state index contributed by atoms with van der Waals surface area (Å²) in [6.45, 7) is 0. The number of benzene rings is 1. The second-order valence-electron chi connectivity index (χ2n) is 4.73. The van der Waals surface area contributed by atoms with Crippen LogP contribution in [0.3, 0.4) is 0 Å². The number of nitrogens with one attached hydrogen (secondary N) is 1. The molecule has 1 aromatic carbocycles. The van der Waals surface area contributed by atoms with E-state index < -0.39 is 0 Å². The summed E-state index contributed by atoms with van der Waals surface area (Å²) >= 11 is 0. The molecular formula is C16H15N2O+. The first kappa shape index (κ1) is 11.7. The van der Waals surface area contributed by atoms with Crippen molar-refractivity contribution in [2.45, 2.75) is 6.42 Å². The van der Waals surface area contributed by atoms with Crippen molar-refractivity contribution < 1.29 is 9.36 Å². The van der Waals surface area contributed by atoms with E-state index in [-0.39, 0.29) is 5.78 Å². The predicted molar refractivity (Wildman–Crippen MR) is 74.0 cm³/mol. The van der Waals surface area contributed by atoms with Crippen molar-refractivity contribution in [3.63, 3.8) is 0 Å². The third kappa shape index (κ3) is 2.40. The van der Waals surface area contributed by atoms with Crippen molar-refractivity contribution in [1.82, 2.24) is 4.98 Å². The zero-order valence-corrected chi connectivity index (χ0v) is 10.8. The maximum Gasteiger partial charge on any atom is 0.169 e. The van der Waals surface area contributed by atoms with E-state index in [9.17, 15) is 4.79 Å². The number of aryl methyl sites for hydroxylation is 1. The smallest absolute Gasteiger partial charge is 0.169 e. The molecule has 0 aliphatic carbocycles. The number of H-pyrrole nitrogens is 1. The highest BCUT2D eigenvalue weighted by Crippen LogP contribution is 2.16. The summed E-state index contributed by atoms with van der Waals surface area (Å²) in [5.41, 5.74) is 2.78. The molecule has 2 aromatic heterocycles. The van der Waals surface area contributed by atoms with Gasteiger partial charge >= 0.3 is 0 Å². The largest absolute Gasteiger partial charge is 0.358 e. The van der Waals surface area contributed by atoms with E-state index in [1.807, 2.05) is 66.5 Å². The van der Waals surface area contributed by atoms with Crippen molar-refractivity contribution >= 4 is 16.7 Å². The van der Waals surface area contributed by atoms with Gasteiger partial charge in [-0.05, 0) is 17.5 Å². The molecule has 0 radical (unpaired) electrons. The minimum Gasteiger partial charge on any atom is -0.358 e. The van der Waals surface area contributed by atoms with Gasteiger partial charge in [-0.1, -0.05) is 18.2 Å². The first-order chi connectivity index (χ1) is 9.22. The van der Waals surface area contributed by atoms with Crippen LogP contribution >= 0.6 is 0 Å². The Morgan fingerprint density at radius 1 is 1.16 bits per heavy atom. The second kappa shape index (κ2) is 4.69. The van der Waals surface area contributed by atoms with Gasteiger partial charge in [0, 0.05) is 28.9 Å². The second-order valence-corrected chi connectivity index (χ2v) is 4.73. The number of nitrogens with zero attached hydrogens (tertiary/aromatic N) is 1. The van der Waals surface area contributed by atoms with Crippen LogP contribution in [0.15, 0.2) is 54.9 Å². The average Bonchev–Trinajstić information content (AvgIpc) is 2.81. The zero-order valence-electron chi connectivity index (χ0n) is 10.8. The third-order valence-corrected chi connectivity index (χ3v) is 3.24. The van der Waals surface area contributed by atoms with Crippen molar-refractivity contribution in [1.29, 1.82) is 0 Å². The summed E-state index contributed by atoms with van der Waals surface area (Å²) in [6.07, 6.45) is 4.18. The normalized spacial score (nSPS) is 10.8. The van der Waals surface area contributed by atoms with Crippen molar-refractivity contribution in [2.75, 3.05) is 0 Å². The molecule has 3 heteroatoms. The number of para-hydroxylation sites is 1. The first-order valence-electron chi connectivity index (χ1n) is 6.27. The number of rotatable bonds is 3. The molecule has 0 fully saturated rings. The third-order valence-electron chi connectivity index (χ3n) is 3.24. The molecule has 0 saturated heterocycles. The number of fused-ring (bicyclic) bond motifs is 1. The standard InChI is InChI=1S/C16H14N2O/c1-18-8-6-12(7-9-18)16(19)11-14-10-13-4-2-3-5-15(13)17-14/h2-10H,11H2,1H3/p+1. The number of carbonyl (C=O) groups excluding carboxylic acids is 1. The van der Waals surface area contributed by atoms with Crippen LogP contribution in [0.25, 0.3) is 10.9 Å². The van der Waals surface area contributed by atoms with Crippen LogP contribution in [0.2, 0.25) is 0 Å². The van der Waals surface area contributed by atoms with Gasteiger partial charge in [-0.25, -0.2) is 4.57 Å². The Hall–Kier alpha value is -2.42. The number of Topliss-reactive ketones (excluding diaryl/α,β-unsaturated/α-hetero) is 1. The van der Waals surface area contributed by atoms with Gasteiger partial charge in [0.25, 0.3) is 0 Å². The minimum absolute atomic E-state index is 0.132. The number of aromatic nitrogens is 2. The van der Waals surface area contributed by atoms with Gasteiger partial charge in [-0.2, -0.15) is 0 Å². The van der Waals surface area contributed by atoms with Crippen LogP contribution in [-0.2, 0) is 13.5 Å². The lowest BCUT2D eigenvalue weighted by molar-refractivity contribution is -0.671. The Bertz CT molecular complexity index is 693. The topological polar surface area (TPSA) is 36.7 Å². The number of ketones is 1. The molecule has 0 bridgehead atoms. The van der Waals surface area contributed by atoms with Crippen molar-refractivity contribution in [3.8, 4) is 0 Å². The van der Waals surface area contributed by atoms with E-state index in [2.05, 4.69) is 4.98 Å². The lowest BCUT2D eigenvalue weighted by Crippen LogP contribution is -2.26. The molecule has 94 valence electrons. The van der Waals surface area contributed by atoms with Gasteiger partial charge in [0.05, 0.1) is 6.42 Å². The minimum atomic E-state index is 0.132. The fourth-order valence-electron chi connectivity index (χ4n) is 2.19. The van der Waals surface area contributed by atoms with Crippen LogP contribution < -0.4 is 4.57 Å². The van der Waals surface area contributed by atoms with E-state index in [0.29, 0.717) is 6.42 Å². The van der Waals surface area contributed by atoms with E-state index in [1.165, 1.54) is 0 Å². The molecular weight excluding hydrogens is 236 g/mol. The monoisotopic (exact) mass is 251 g/mol. The Kier molecular flexibility index (Phi) is 2.88. The molecule has 3 nitrogen and oxygen atoms in total. The van der Waals surface area contributed by atoms with Crippen LogP contribution in [0, 0.1) is 0 Å². The van der Waals surface area contributed by atoms with Crippen LogP contribution in [0.5, 0.6) is 0 Å². The highest BCUT2D eigenvalue weighted by Gasteiger charge is 2.10. The maximum absolute atomic E-state index is 12.2. The Labute approximate surface area is 111 Å². The van der Waals surface area contributed by atoms with Crippen LogP contribution in [0.4, 0.5) is 0 Å². The van der Waals surface area contributed by atoms with Gasteiger partial charge in [0.2, 0.25) is 0 Å². The summed E-state index contributed by atoms with van der Waals surface area (Å²) in [7, 11) is 1.94. The fraction of sp³-hybridized carbons (Fsp3) is 0.125. The molecule has 0 aliphatic rings. The summed E-state index contributed by atoms with van der Waals surface area (Å²) in [5, 5.41) is 1.14. The maximum atomic E-state index is 12.2. The number of pyridine rings is 1. The van der Waals surface area contributed by atoms with Gasteiger partial charge in [0.15, 0.2) is 18.2 Å². The average molecular weight is 251 g/mol. The van der Waals surface area contributed by atoms with Gasteiger partial charge in [-0.3, -0.25) is 4.79 Å². The molecule has 3 aromatic rings. The quantitative estimate of drug-likeness (QED) is 0.563. The highest BCUT2D eigenvalue weighted by atomic mass is 16.1. The summed E-state index contributed by atoms with van der Waals surface area (Å²) in [5.74, 6) is 0.132. The Balaban J connectivity index is 1.84. The molecule has 0 atom stereocenters. The molecule has 0 amide bonds. The lowest BCUT2D eigenvalue weighted by atomic mass is 10.1. The van der Waals surface area contributed by atoms with Crippen LogP contribution in [0.1, 0.15) is 16.1 Å². The predicted octanol–water partition coefficient (Wildman–Crippen LogP) is 2.42. The molecule has 3 rings (SSSR count). The Morgan fingerprint density at radius 3 is 2.63 bits per heavy atom. The highest BCUT2D eigenvalue weighted by molar-refractivity contribution is 5.97. The zero-order chi connectivity index (χ0) is 13.2. The van der Waals surface area contributed by atoms with Crippen LogP contribution in [-0.4, -0.2) is 10.8 Å². The molecule has 19 heavy (non-hydrogen) atoms. The van der Waals surface area contributed by atoms with Gasteiger partial charge < -0.3 is 4.98 Å². The first-order valence-corrected chi connectivity index (χ1v) is 6.27. The molecule has 0 aliphatic heterocycles. The lowest BCUT2D eigenvalue weighted by Gasteiger charge is -1.98. The fourth-order valence-corrected chi connectivity index (χ4v) is 2.19. The summed E-state index contributed by atoms with van der Waals surface area (Å²) in [6, 6.07) is 13.8. The van der Waals surface area contributed by atoms with E-state index in [1.54, 1.807) is 0 Å². The molecule has 1 N–H and O–H groups in total. The summed E-state index contributed by atoms with van der Waals surface area (Å²) < 4.78 is 1.92. The number of hydrogen-bond donors (Lipinski definition) is 1. The van der Waals surface area contributed by atoms with E-state index in [0.717, 1.165) is 22.2 Å². The number of hydrogen-bond acceptors (Lipinski definition) is 1. The SMILES string of the molecule is C[n+]1ccc(C(=O)Cc2cc3ccccc3[nH]2)cc1. The van der Waals surface area contributed by atoms with Crippen molar-refractivity contribution in [3.05, 3.63) is 66.1 Å². The Morgan fingerprint density at radius 2 is 1.89 bits per heavy atom. The van der Waals surface area contributed by atoms with Crippen molar-refractivity contribution in [2.24, 2.45) is 7.05 Å². The molecule has 0 unspecified atom stereocenters. The molecule has 2 heterocycles. The number of carbonyl (C=O) groups is 1. The van der Waals surface area contributed by atoms with Gasteiger partial charge in [0.1, 0.15) is 7.05 Å². The molecule has 0 saturated carbocycles. The van der Waals surface area contributed by atoms with Gasteiger partial charge in [-0.15, -0.1) is 0 Å². The van der Waals surface area contributed by atoms with E-state index >= 15 is 0 Å². The molecule has 0 spiro atoms. The summed E-state index contributed by atoms with van der Waals surface area (Å²) in [4.78, 5) is 15.5. The number of aromatic amines is 1. The van der Waals surface area contributed by atoms with E-state index in [4.69, 9.17) is 0 Å².